The van der Waals surface area contributed by atoms with Gasteiger partial charge in [-0.15, -0.1) is 0 Å². The maximum Gasteiger partial charge on any atom is 0.458 e. The number of ether oxygens (including phenoxy) is 1. The first-order chi connectivity index (χ1) is 9.89. The molecule has 1 fully saturated rings. The number of halogens is 4. The maximum absolute atomic E-state index is 13.8. The van der Waals surface area contributed by atoms with Crippen LogP contribution in [0.4, 0.5) is 17.6 Å². The first-order valence-electron chi connectivity index (χ1n) is 6.90. The number of hydrogen-bond acceptors (Lipinski definition) is 1. The molecule has 0 saturated carbocycles. The smallest absolute Gasteiger partial charge is 0.373 e. The number of hydrogen-bond donors (Lipinski definition) is 0. The number of alkyl halides is 3. The van der Waals surface area contributed by atoms with E-state index < -0.39 is 12.0 Å². The fraction of sp³-hybridized carbons (Fsp3) is 0.500. The summed E-state index contributed by atoms with van der Waals surface area (Å²) in [7, 11) is 0. The normalized spacial score (nSPS) is 22.5. The summed E-state index contributed by atoms with van der Waals surface area (Å²) in [5, 5.41) is 0. The standard InChI is InChI=1S/C16H16F4O/c1-2-11-3-6-15(21-10-11)13-5-4-12(14(17)9-13)7-8-16(18,19)20/h4-5,9,11,15H,2-3,6,10H2,1H3. The van der Waals surface area contributed by atoms with E-state index in [1.165, 1.54) is 12.1 Å². The van der Waals surface area contributed by atoms with E-state index in [-0.39, 0.29) is 11.7 Å². The van der Waals surface area contributed by atoms with Crippen LogP contribution in [-0.2, 0) is 4.74 Å². The van der Waals surface area contributed by atoms with Gasteiger partial charge in [0.2, 0.25) is 0 Å². The zero-order valence-electron chi connectivity index (χ0n) is 11.6. The SMILES string of the molecule is CCC1CCC(c2ccc(C#CC(F)(F)F)c(F)c2)OC1. The van der Waals surface area contributed by atoms with Crippen LogP contribution in [0.3, 0.4) is 0 Å². The van der Waals surface area contributed by atoms with Crippen LogP contribution < -0.4 is 0 Å². The third-order valence-electron chi connectivity index (χ3n) is 3.65. The van der Waals surface area contributed by atoms with Crippen LogP contribution in [0.5, 0.6) is 0 Å². The van der Waals surface area contributed by atoms with E-state index in [2.05, 4.69) is 6.92 Å². The molecule has 1 aliphatic rings. The molecule has 0 radical (unpaired) electrons. The quantitative estimate of drug-likeness (QED) is 0.572. The zero-order chi connectivity index (χ0) is 15.5. The van der Waals surface area contributed by atoms with Crippen molar-refractivity contribution in [2.24, 2.45) is 5.92 Å². The van der Waals surface area contributed by atoms with Crippen LogP contribution in [-0.4, -0.2) is 12.8 Å². The molecule has 114 valence electrons. The third-order valence-corrected chi connectivity index (χ3v) is 3.65. The molecule has 1 aromatic rings. The summed E-state index contributed by atoms with van der Waals surface area (Å²) in [6, 6.07) is 4.08. The molecule has 1 nitrogen and oxygen atoms in total. The highest BCUT2D eigenvalue weighted by molar-refractivity contribution is 5.39. The summed E-state index contributed by atoms with van der Waals surface area (Å²) in [6.45, 7) is 2.74. The fourth-order valence-corrected chi connectivity index (χ4v) is 2.36. The van der Waals surface area contributed by atoms with E-state index in [1.807, 2.05) is 5.92 Å². The predicted molar refractivity (Wildman–Crippen MR) is 71.0 cm³/mol. The van der Waals surface area contributed by atoms with Gasteiger partial charge in [0.25, 0.3) is 0 Å². The van der Waals surface area contributed by atoms with Gasteiger partial charge in [0.05, 0.1) is 18.3 Å². The van der Waals surface area contributed by atoms with Crippen LogP contribution in [0, 0.1) is 23.6 Å². The van der Waals surface area contributed by atoms with Gasteiger partial charge >= 0.3 is 6.18 Å². The molecule has 0 aromatic heterocycles. The Morgan fingerprint density at radius 3 is 2.57 bits per heavy atom. The average molecular weight is 300 g/mol. The summed E-state index contributed by atoms with van der Waals surface area (Å²) in [6.07, 6.45) is -1.95. The first kappa shape index (κ1) is 15.8. The molecule has 2 atom stereocenters. The lowest BCUT2D eigenvalue weighted by Crippen LogP contribution is -2.20. The zero-order valence-corrected chi connectivity index (χ0v) is 11.6. The Kier molecular flexibility index (Phi) is 4.89. The maximum atomic E-state index is 13.8. The number of rotatable bonds is 2. The Morgan fingerprint density at radius 2 is 2.05 bits per heavy atom. The van der Waals surface area contributed by atoms with Gasteiger partial charge in [-0.2, -0.15) is 13.2 Å². The van der Waals surface area contributed by atoms with E-state index in [1.54, 1.807) is 6.07 Å². The average Bonchev–Trinajstić information content (AvgIpc) is 2.45. The fourth-order valence-electron chi connectivity index (χ4n) is 2.36. The molecule has 2 unspecified atom stereocenters. The van der Waals surface area contributed by atoms with Crippen LogP contribution >= 0.6 is 0 Å². The highest BCUT2D eigenvalue weighted by atomic mass is 19.4. The molecule has 5 heteroatoms. The highest BCUT2D eigenvalue weighted by Gasteiger charge is 2.24. The van der Waals surface area contributed by atoms with Crippen LogP contribution in [0.15, 0.2) is 18.2 Å². The predicted octanol–water partition coefficient (Wildman–Crippen LogP) is 4.62. The molecule has 21 heavy (non-hydrogen) atoms. The topological polar surface area (TPSA) is 9.23 Å². The third kappa shape index (κ3) is 4.47. The van der Waals surface area contributed by atoms with Crippen molar-refractivity contribution in [3.63, 3.8) is 0 Å². The lowest BCUT2D eigenvalue weighted by atomic mass is 9.93. The molecule has 1 saturated heterocycles. The molecule has 1 aromatic carbocycles. The Morgan fingerprint density at radius 1 is 1.29 bits per heavy atom. The van der Waals surface area contributed by atoms with Crippen molar-refractivity contribution >= 4 is 0 Å². The minimum absolute atomic E-state index is 0.188. The van der Waals surface area contributed by atoms with Crippen molar-refractivity contribution in [2.45, 2.75) is 38.5 Å². The van der Waals surface area contributed by atoms with Crippen molar-refractivity contribution in [2.75, 3.05) is 6.61 Å². The summed E-state index contributed by atoms with van der Waals surface area (Å²) >= 11 is 0. The van der Waals surface area contributed by atoms with Gasteiger partial charge in [0.1, 0.15) is 5.82 Å². The largest absolute Gasteiger partial charge is 0.458 e. The second-order valence-electron chi connectivity index (χ2n) is 5.16. The molecule has 0 amide bonds. The van der Waals surface area contributed by atoms with E-state index in [4.69, 9.17) is 4.74 Å². The molecule has 1 aliphatic heterocycles. The molecular weight excluding hydrogens is 284 g/mol. The van der Waals surface area contributed by atoms with Gasteiger partial charge in [0, 0.05) is 5.92 Å². The Bertz CT molecular complexity index is 546. The molecule has 0 aliphatic carbocycles. The minimum Gasteiger partial charge on any atom is -0.373 e. The van der Waals surface area contributed by atoms with Gasteiger partial charge in [0.15, 0.2) is 0 Å². The van der Waals surface area contributed by atoms with Gasteiger partial charge in [-0.1, -0.05) is 25.3 Å². The molecule has 0 spiro atoms. The Balaban J connectivity index is 2.10. The van der Waals surface area contributed by atoms with Gasteiger partial charge in [-0.3, -0.25) is 0 Å². The van der Waals surface area contributed by atoms with E-state index >= 15 is 0 Å². The summed E-state index contributed by atoms with van der Waals surface area (Å²) in [5.41, 5.74) is 0.401. The van der Waals surface area contributed by atoms with Gasteiger partial charge in [-0.25, -0.2) is 4.39 Å². The van der Waals surface area contributed by atoms with Crippen molar-refractivity contribution in [3.8, 4) is 11.8 Å². The summed E-state index contributed by atoms with van der Waals surface area (Å²) < 4.78 is 55.5. The van der Waals surface area contributed by atoms with Crippen LogP contribution in [0.25, 0.3) is 0 Å². The van der Waals surface area contributed by atoms with Gasteiger partial charge in [-0.05, 0) is 36.5 Å². The van der Waals surface area contributed by atoms with Crippen molar-refractivity contribution in [1.29, 1.82) is 0 Å². The Hall–Kier alpha value is -1.54. The second kappa shape index (κ2) is 6.48. The van der Waals surface area contributed by atoms with Crippen molar-refractivity contribution < 1.29 is 22.3 Å². The lowest BCUT2D eigenvalue weighted by Gasteiger charge is -2.28. The first-order valence-corrected chi connectivity index (χ1v) is 6.90. The summed E-state index contributed by atoms with van der Waals surface area (Å²) in [4.78, 5) is 0. The van der Waals surface area contributed by atoms with E-state index in [0.717, 1.165) is 25.2 Å². The molecule has 0 bridgehead atoms. The molecule has 1 heterocycles. The molecular formula is C16H16F4O. The van der Waals surface area contributed by atoms with Crippen LogP contribution in [0.1, 0.15) is 43.4 Å². The lowest BCUT2D eigenvalue weighted by molar-refractivity contribution is -0.0696. The second-order valence-corrected chi connectivity index (χ2v) is 5.16. The number of benzene rings is 1. The molecule has 0 N–H and O–H groups in total. The van der Waals surface area contributed by atoms with E-state index in [9.17, 15) is 17.6 Å². The van der Waals surface area contributed by atoms with E-state index in [0.29, 0.717) is 18.1 Å². The monoisotopic (exact) mass is 300 g/mol. The minimum atomic E-state index is -4.62. The van der Waals surface area contributed by atoms with Crippen molar-refractivity contribution in [3.05, 3.63) is 35.1 Å². The summed E-state index contributed by atoms with van der Waals surface area (Å²) in [5.74, 6) is 2.66. The molecule has 2 rings (SSSR count). The van der Waals surface area contributed by atoms with Crippen molar-refractivity contribution in [1.82, 2.24) is 0 Å². The van der Waals surface area contributed by atoms with Gasteiger partial charge < -0.3 is 4.74 Å². The highest BCUT2D eigenvalue weighted by Crippen LogP contribution is 2.32. The van der Waals surface area contributed by atoms with Crippen LogP contribution in [0.2, 0.25) is 0 Å². The Labute approximate surface area is 121 Å².